The molecule has 1 fully saturated rings. The Kier molecular flexibility index (Phi) is 5.80. The number of hydrogen-bond donors (Lipinski definition) is 1. The van der Waals surface area contributed by atoms with Crippen LogP contribution in [0.5, 0.6) is 0 Å². The molecule has 3 nitrogen and oxygen atoms in total. The Morgan fingerprint density at radius 3 is 2.33 bits per heavy atom. The second kappa shape index (κ2) is 7.60. The second-order valence-electron chi connectivity index (χ2n) is 6.47. The molecule has 0 amide bonds. The average molecular weight is 289 g/mol. The van der Waals surface area contributed by atoms with Gasteiger partial charge in [-0.3, -0.25) is 4.79 Å². The summed E-state index contributed by atoms with van der Waals surface area (Å²) in [5, 5.41) is 9.72. The van der Waals surface area contributed by atoms with Crippen LogP contribution in [0.25, 0.3) is 0 Å². The topological polar surface area (TPSA) is 40.5 Å². The number of aliphatic carboxylic acids is 1. The van der Waals surface area contributed by atoms with Crippen molar-refractivity contribution in [1.29, 1.82) is 0 Å². The summed E-state index contributed by atoms with van der Waals surface area (Å²) in [6.07, 6.45) is 7.12. The third-order valence-electron chi connectivity index (χ3n) is 4.71. The van der Waals surface area contributed by atoms with Gasteiger partial charge in [-0.05, 0) is 31.9 Å². The van der Waals surface area contributed by atoms with E-state index in [1.807, 2.05) is 6.07 Å². The van der Waals surface area contributed by atoms with Gasteiger partial charge in [-0.15, -0.1) is 0 Å². The zero-order valence-corrected chi connectivity index (χ0v) is 13.1. The van der Waals surface area contributed by atoms with Crippen molar-refractivity contribution in [1.82, 2.24) is 4.90 Å². The van der Waals surface area contributed by atoms with E-state index in [2.05, 4.69) is 36.2 Å². The van der Waals surface area contributed by atoms with Crippen molar-refractivity contribution in [3.8, 4) is 0 Å². The maximum absolute atomic E-state index is 11.8. The monoisotopic (exact) mass is 289 g/mol. The minimum Gasteiger partial charge on any atom is -0.481 e. The Morgan fingerprint density at radius 2 is 1.76 bits per heavy atom. The first-order chi connectivity index (χ1) is 10.1. The smallest absolute Gasteiger partial charge is 0.310 e. The molecule has 0 atom stereocenters. The van der Waals surface area contributed by atoms with Crippen LogP contribution < -0.4 is 0 Å². The summed E-state index contributed by atoms with van der Waals surface area (Å²) in [5.41, 5.74) is 0.789. The largest absolute Gasteiger partial charge is 0.481 e. The van der Waals surface area contributed by atoms with E-state index in [4.69, 9.17) is 0 Å². The van der Waals surface area contributed by atoms with Gasteiger partial charge in [0.15, 0.2) is 0 Å². The summed E-state index contributed by atoms with van der Waals surface area (Å²) in [5.74, 6) is -0.601. The number of likely N-dealkylation sites (N-methyl/N-ethyl adjacent to an activating group) is 1. The fourth-order valence-corrected chi connectivity index (χ4v) is 3.41. The van der Waals surface area contributed by atoms with Gasteiger partial charge >= 0.3 is 5.97 Å². The second-order valence-corrected chi connectivity index (χ2v) is 6.47. The summed E-state index contributed by atoms with van der Waals surface area (Å²) >= 11 is 0. The van der Waals surface area contributed by atoms with Crippen molar-refractivity contribution >= 4 is 5.97 Å². The van der Waals surface area contributed by atoms with Crippen LogP contribution in [-0.2, 0) is 11.2 Å². The van der Waals surface area contributed by atoms with E-state index in [0.29, 0.717) is 6.54 Å². The molecule has 2 rings (SSSR count). The molecule has 0 spiro atoms. The molecule has 0 unspecified atom stereocenters. The highest BCUT2D eigenvalue weighted by Gasteiger charge is 2.39. The maximum atomic E-state index is 11.8. The SMILES string of the molecule is CN(CCc1ccccc1)CC1(C(=O)O)CCCCCC1. The summed E-state index contributed by atoms with van der Waals surface area (Å²) in [6, 6.07) is 10.4. The third kappa shape index (κ3) is 4.57. The Bertz CT molecular complexity index is 436. The molecule has 1 N–H and O–H groups in total. The van der Waals surface area contributed by atoms with Crippen molar-refractivity contribution in [2.45, 2.75) is 44.9 Å². The molecule has 0 bridgehead atoms. The lowest BCUT2D eigenvalue weighted by atomic mass is 9.80. The number of carboxylic acid groups (broad SMARTS) is 1. The first-order valence-corrected chi connectivity index (χ1v) is 8.08. The van der Waals surface area contributed by atoms with E-state index in [1.165, 1.54) is 18.4 Å². The summed E-state index contributed by atoms with van der Waals surface area (Å²) in [7, 11) is 2.05. The molecule has 0 heterocycles. The lowest BCUT2D eigenvalue weighted by Crippen LogP contribution is -2.42. The first kappa shape index (κ1) is 16.0. The maximum Gasteiger partial charge on any atom is 0.310 e. The van der Waals surface area contributed by atoms with Gasteiger partial charge in [0.05, 0.1) is 5.41 Å². The fourth-order valence-electron chi connectivity index (χ4n) is 3.41. The highest BCUT2D eigenvalue weighted by Crippen LogP contribution is 2.36. The zero-order valence-electron chi connectivity index (χ0n) is 13.1. The van der Waals surface area contributed by atoms with Crippen LogP contribution in [0.3, 0.4) is 0 Å². The zero-order chi connectivity index (χ0) is 15.1. The van der Waals surface area contributed by atoms with Gasteiger partial charge in [0.1, 0.15) is 0 Å². The Balaban J connectivity index is 1.91. The molecule has 116 valence electrons. The molecular weight excluding hydrogens is 262 g/mol. The molecular formula is C18H27NO2. The van der Waals surface area contributed by atoms with E-state index >= 15 is 0 Å². The minimum absolute atomic E-state index is 0.526. The normalized spacial score (nSPS) is 18.4. The summed E-state index contributed by atoms with van der Waals surface area (Å²) in [4.78, 5) is 14.0. The molecule has 3 heteroatoms. The van der Waals surface area contributed by atoms with Crippen molar-refractivity contribution in [3.05, 3.63) is 35.9 Å². The molecule has 0 aromatic heterocycles. The molecule has 0 saturated heterocycles. The first-order valence-electron chi connectivity index (χ1n) is 8.08. The van der Waals surface area contributed by atoms with Gasteiger partial charge in [0.25, 0.3) is 0 Å². The van der Waals surface area contributed by atoms with Gasteiger partial charge in [-0.1, -0.05) is 56.0 Å². The highest BCUT2D eigenvalue weighted by atomic mass is 16.4. The number of rotatable bonds is 6. The minimum atomic E-state index is -0.601. The highest BCUT2D eigenvalue weighted by molar-refractivity contribution is 5.75. The predicted octanol–water partition coefficient (Wildman–Crippen LogP) is 3.59. The van der Waals surface area contributed by atoms with Gasteiger partial charge < -0.3 is 10.0 Å². The van der Waals surface area contributed by atoms with Crippen molar-refractivity contribution in [2.75, 3.05) is 20.1 Å². The van der Waals surface area contributed by atoms with E-state index in [1.54, 1.807) is 0 Å². The molecule has 0 aliphatic heterocycles. The molecule has 1 aliphatic carbocycles. The van der Waals surface area contributed by atoms with E-state index in [0.717, 1.165) is 38.6 Å². The average Bonchev–Trinajstić information content (AvgIpc) is 2.73. The molecule has 1 saturated carbocycles. The number of benzene rings is 1. The van der Waals surface area contributed by atoms with Crippen LogP contribution in [-0.4, -0.2) is 36.1 Å². The van der Waals surface area contributed by atoms with Gasteiger partial charge in [-0.25, -0.2) is 0 Å². The quantitative estimate of drug-likeness (QED) is 0.814. The van der Waals surface area contributed by atoms with Crippen molar-refractivity contribution in [3.63, 3.8) is 0 Å². The molecule has 21 heavy (non-hydrogen) atoms. The fraction of sp³-hybridized carbons (Fsp3) is 0.611. The lowest BCUT2D eigenvalue weighted by Gasteiger charge is -2.32. The number of hydrogen-bond acceptors (Lipinski definition) is 2. The van der Waals surface area contributed by atoms with Crippen LogP contribution in [0.15, 0.2) is 30.3 Å². The number of nitrogens with zero attached hydrogens (tertiary/aromatic N) is 1. The van der Waals surface area contributed by atoms with Crippen LogP contribution in [0.1, 0.15) is 44.1 Å². The summed E-state index contributed by atoms with van der Waals surface area (Å²) in [6.45, 7) is 1.59. The Hall–Kier alpha value is -1.35. The predicted molar refractivity (Wildman–Crippen MR) is 85.4 cm³/mol. The van der Waals surface area contributed by atoms with Gasteiger partial charge in [0, 0.05) is 13.1 Å². The summed E-state index contributed by atoms with van der Waals surface area (Å²) < 4.78 is 0. The van der Waals surface area contributed by atoms with Gasteiger partial charge in [-0.2, -0.15) is 0 Å². The Morgan fingerprint density at radius 1 is 1.14 bits per heavy atom. The van der Waals surface area contributed by atoms with Crippen LogP contribution in [0.4, 0.5) is 0 Å². The standard InChI is InChI=1S/C18H27NO2/c1-19(14-11-16-9-5-4-6-10-16)15-18(17(20)21)12-7-2-3-8-13-18/h4-6,9-10H,2-3,7-8,11-15H2,1H3,(H,20,21). The number of carboxylic acids is 1. The van der Waals surface area contributed by atoms with E-state index < -0.39 is 11.4 Å². The Labute approximate surface area is 128 Å². The van der Waals surface area contributed by atoms with Gasteiger partial charge in [0.2, 0.25) is 0 Å². The molecule has 1 aromatic carbocycles. The van der Waals surface area contributed by atoms with Crippen LogP contribution >= 0.6 is 0 Å². The van der Waals surface area contributed by atoms with Crippen LogP contribution in [0, 0.1) is 5.41 Å². The molecule has 1 aliphatic rings. The third-order valence-corrected chi connectivity index (χ3v) is 4.71. The molecule has 1 aromatic rings. The number of carbonyl (C=O) groups is 1. The van der Waals surface area contributed by atoms with E-state index in [9.17, 15) is 9.90 Å². The van der Waals surface area contributed by atoms with Crippen molar-refractivity contribution < 1.29 is 9.90 Å². The van der Waals surface area contributed by atoms with E-state index in [-0.39, 0.29) is 0 Å². The van der Waals surface area contributed by atoms with Crippen molar-refractivity contribution in [2.24, 2.45) is 5.41 Å². The van der Waals surface area contributed by atoms with Crippen LogP contribution in [0.2, 0.25) is 0 Å². The molecule has 0 radical (unpaired) electrons. The lowest BCUT2D eigenvalue weighted by molar-refractivity contribution is -0.151.